The molecular formula is C12H16ClN5. The fourth-order valence-electron chi connectivity index (χ4n) is 1.85. The first-order valence-electron chi connectivity index (χ1n) is 5.76. The SMILES string of the molecule is CCNc1cc(Cl)nc(-n2nc(C)cc2C)c1N. The number of nitrogens with zero attached hydrogens (tertiary/aromatic N) is 3. The number of nitrogens with two attached hydrogens (primary N) is 1. The predicted octanol–water partition coefficient (Wildman–Crippen LogP) is 2.55. The average molecular weight is 266 g/mol. The Balaban J connectivity index is 2.60. The van der Waals surface area contributed by atoms with E-state index in [0.717, 1.165) is 23.6 Å². The molecule has 5 nitrogen and oxygen atoms in total. The van der Waals surface area contributed by atoms with Gasteiger partial charge in [0.25, 0.3) is 0 Å². The molecule has 96 valence electrons. The van der Waals surface area contributed by atoms with E-state index in [9.17, 15) is 0 Å². The average Bonchev–Trinajstić information content (AvgIpc) is 2.63. The molecule has 0 saturated carbocycles. The van der Waals surface area contributed by atoms with E-state index in [1.807, 2.05) is 26.8 Å². The highest BCUT2D eigenvalue weighted by atomic mass is 35.5. The molecule has 0 aliphatic heterocycles. The number of halogens is 1. The molecule has 0 bridgehead atoms. The zero-order valence-electron chi connectivity index (χ0n) is 10.7. The van der Waals surface area contributed by atoms with Crippen molar-refractivity contribution in [3.05, 3.63) is 28.7 Å². The summed E-state index contributed by atoms with van der Waals surface area (Å²) in [6.07, 6.45) is 0. The fraction of sp³-hybridized carbons (Fsp3) is 0.333. The van der Waals surface area contributed by atoms with Gasteiger partial charge in [-0.3, -0.25) is 0 Å². The topological polar surface area (TPSA) is 68.8 Å². The van der Waals surface area contributed by atoms with E-state index < -0.39 is 0 Å². The number of nitrogen functional groups attached to an aromatic ring is 1. The van der Waals surface area contributed by atoms with Crippen LogP contribution in [0.5, 0.6) is 0 Å². The minimum Gasteiger partial charge on any atom is -0.394 e. The van der Waals surface area contributed by atoms with Crippen LogP contribution >= 0.6 is 11.6 Å². The maximum absolute atomic E-state index is 6.10. The van der Waals surface area contributed by atoms with Crippen LogP contribution in [0.4, 0.5) is 11.4 Å². The highest BCUT2D eigenvalue weighted by Gasteiger charge is 2.13. The van der Waals surface area contributed by atoms with Crippen LogP contribution in [0.1, 0.15) is 18.3 Å². The first kappa shape index (κ1) is 12.7. The van der Waals surface area contributed by atoms with E-state index in [1.54, 1.807) is 10.7 Å². The van der Waals surface area contributed by atoms with Gasteiger partial charge in [-0.05, 0) is 26.8 Å². The molecule has 18 heavy (non-hydrogen) atoms. The minimum atomic E-state index is 0.391. The van der Waals surface area contributed by atoms with Gasteiger partial charge in [0.15, 0.2) is 5.82 Å². The Hall–Kier alpha value is -1.75. The van der Waals surface area contributed by atoms with E-state index in [2.05, 4.69) is 15.4 Å². The Bertz CT molecular complexity index is 576. The van der Waals surface area contributed by atoms with E-state index in [1.165, 1.54) is 0 Å². The lowest BCUT2D eigenvalue weighted by Gasteiger charge is -2.12. The van der Waals surface area contributed by atoms with Crippen molar-refractivity contribution in [3.8, 4) is 5.82 Å². The van der Waals surface area contributed by atoms with Crippen molar-refractivity contribution in [1.82, 2.24) is 14.8 Å². The predicted molar refractivity (Wildman–Crippen MR) is 74.4 cm³/mol. The summed E-state index contributed by atoms with van der Waals surface area (Å²) in [4.78, 5) is 4.26. The van der Waals surface area contributed by atoms with Crippen LogP contribution < -0.4 is 11.1 Å². The molecule has 6 heteroatoms. The van der Waals surface area contributed by atoms with E-state index in [0.29, 0.717) is 16.7 Å². The van der Waals surface area contributed by atoms with Gasteiger partial charge in [0, 0.05) is 18.3 Å². The van der Waals surface area contributed by atoms with Gasteiger partial charge in [0.2, 0.25) is 0 Å². The number of aromatic nitrogens is 3. The third-order valence-corrected chi connectivity index (χ3v) is 2.78. The lowest BCUT2D eigenvalue weighted by molar-refractivity contribution is 0.809. The minimum absolute atomic E-state index is 0.391. The van der Waals surface area contributed by atoms with Crippen molar-refractivity contribution in [1.29, 1.82) is 0 Å². The number of anilines is 2. The second kappa shape index (κ2) is 4.86. The Kier molecular flexibility index (Phi) is 3.43. The zero-order chi connectivity index (χ0) is 13.3. The van der Waals surface area contributed by atoms with Gasteiger partial charge in [-0.25, -0.2) is 9.67 Å². The number of pyridine rings is 1. The summed E-state index contributed by atoms with van der Waals surface area (Å²) in [6.45, 7) is 6.64. The van der Waals surface area contributed by atoms with Crippen LogP contribution in [0, 0.1) is 13.8 Å². The summed E-state index contributed by atoms with van der Waals surface area (Å²) in [5.41, 5.74) is 9.31. The van der Waals surface area contributed by atoms with Gasteiger partial charge in [-0.1, -0.05) is 11.6 Å². The van der Waals surface area contributed by atoms with Crippen molar-refractivity contribution >= 4 is 23.0 Å². The maximum Gasteiger partial charge on any atom is 0.180 e. The molecule has 0 saturated heterocycles. The molecule has 0 spiro atoms. The van der Waals surface area contributed by atoms with E-state index >= 15 is 0 Å². The standard InChI is InChI=1S/C12H16ClN5/c1-4-15-9-6-10(13)16-12(11(9)14)18-8(3)5-7(2)17-18/h5-6H,4,14H2,1-3H3,(H,15,16). The second-order valence-corrected chi connectivity index (χ2v) is 4.49. The summed E-state index contributed by atoms with van der Waals surface area (Å²) >= 11 is 6.02. The molecule has 2 rings (SSSR count). The van der Waals surface area contributed by atoms with Gasteiger partial charge in [-0.2, -0.15) is 5.10 Å². The maximum atomic E-state index is 6.10. The van der Waals surface area contributed by atoms with Gasteiger partial charge < -0.3 is 11.1 Å². The Labute approximate surface area is 111 Å². The third-order valence-electron chi connectivity index (χ3n) is 2.58. The summed E-state index contributed by atoms with van der Waals surface area (Å²) < 4.78 is 1.71. The monoisotopic (exact) mass is 265 g/mol. The molecule has 0 aliphatic rings. The van der Waals surface area contributed by atoms with Crippen LogP contribution in [-0.4, -0.2) is 21.3 Å². The normalized spacial score (nSPS) is 10.7. The molecule has 2 heterocycles. The molecule has 3 N–H and O–H groups in total. The molecular weight excluding hydrogens is 250 g/mol. The Morgan fingerprint density at radius 1 is 1.39 bits per heavy atom. The number of hydrogen-bond acceptors (Lipinski definition) is 4. The Morgan fingerprint density at radius 3 is 2.67 bits per heavy atom. The highest BCUT2D eigenvalue weighted by Crippen LogP contribution is 2.28. The Morgan fingerprint density at radius 2 is 2.11 bits per heavy atom. The van der Waals surface area contributed by atoms with Crippen molar-refractivity contribution < 1.29 is 0 Å². The molecule has 0 atom stereocenters. The van der Waals surface area contributed by atoms with Gasteiger partial charge in [0.1, 0.15) is 10.8 Å². The number of hydrogen-bond donors (Lipinski definition) is 2. The first-order valence-corrected chi connectivity index (χ1v) is 6.14. The van der Waals surface area contributed by atoms with Crippen LogP contribution in [0.25, 0.3) is 5.82 Å². The van der Waals surface area contributed by atoms with Crippen molar-refractivity contribution in [3.63, 3.8) is 0 Å². The van der Waals surface area contributed by atoms with Gasteiger partial charge in [-0.15, -0.1) is 0 Å². The summed E-state index contributed by atoms with van der Waals surface area (Å²) in [5, 5.41) is 7.93. The quantitative estimate of drug-likeness (QED) is 0.837. The smallest absolute Gasteiger partial charge is 0.180 e. The van der Waals surface area contributed by atoms with Crippen molar-refractivity contribution in [2.75, 3.05) is 17.6 Å². The van der Waals surface area contributed by atoms with Crippen LogP contribution in [0.2, 0.25) is 5.15 Å². The van der Waals surface area contributed by atoms with Gasteiger partial charge >= 0.3 is 0 Å². The lowest BCUT2D eigenvalue weighted by Crippen LogP contribution is -2.10. The fourth-order valence-corrected chi connectivity index (χ4v) is 2.04. The second-order valence-electron chi connectivity index (χ2n) is 4.10. The van der Waals surface area contributed by atoms with Crippen LogP contribution in [-0.2, 0) is 0 Å². The molecule has 2 aromatic rings. The summed E-state index contributed by atoms with van der Waals surface area (Å²) in [5.74, 6) is 0.559. The van der Waals surface area contributed by atoms with E-state index in [-0.39, 0.29) is 0 Å². The number of rotatable bonds is 3. The lowest BCUT2D eigenvalue weighted by atomic mass is 10.3. The molecule has 0 unspecified atom stereocenters. The first-order chi connectivity index (χ1) is 8.52. The number of aryl methyl sites for hydroxylation is 2. The van der Waals surface area contributed by atoms with Crippen LogP contribution in [0.3, 0.4) is 0 Å². The zero-order valence-corrected chi connectivity index (χ0v) is 11.4. The van der Waals surface area contributed by atoms with Gasteiger partial charge in [0.05, 0.1) is 11.4 Å². The highest BCUT2D eigenvalue weighted by molar-refractivity contribution is 6.30. The molecule has 0 amide bonds. The molecule has 0 aliphatic carbocycles. The summed E-state index contributed by atoms with van der Waals surface area (Å²) in [6, 6.07) is 3.69. The largest absolute Gasteiger partial charge is 0.394 e. The summed E-state index contributed by atoms with van der Waals surface area (Å²) in [7, 11) is 0. The van der Waals surface area contributed by atoms with Crippen LogP contribution in [0.15, 0.2) is 12.1 Å². The molecule has 0 aromatic carbocycles. The third kappa shape index (κ3) is 2.26. The van der Waals surface area contributed by atoms with E-state index in [4.69, 9.17) is 17.3 Å². The number of nitrogens with one attached hydrogen (secondary N) is 1. The van der Waals surface area contributed by atoms with Crippen molar-refractivity contribution in [2.45, 2.75) is 20.8 Å². The molecule has 0 fully saturated rings. The molecule has 2 aromatic heterocycles. The van der Waals surface area contributed by atoms with Crippen molar-refractivity contribution in [2.24, 2.45) is 0 Å². The molecule has 0 radical (unpaired) electrons.